The fraction of sp³-hybridized carbons (Fsp3) is 0.130. The third-order valence-corrected chi connectivity index (χ3v) is 7.04. The number of hydrazone groups is 1. The fourth-order valence-corrected chi connectivity index (χ4v) is 5.15. The van der Waals surface area contributed by atoms with E-state index in [1.165, 1.54) is 24.1 Å². The van der Waals surface area contributed by atoms with E-state index in [-0.39, 0.29) is 16.8 Å². The maximum atomic E-state index is 12.5. The molecule has 3 aromatic carbocycles. The van der Waals surface area contributed by atoms with E-state index in [0.717, 1.165) is 11.1 Å². The van der Waals surface area contributed by atoms with Crippen molar-refractivity contribution in [3.05, 3.63) is 94.0 Å². The quantitative estimate of drug-likeness (QED) is 0.516. The molecule has 0 aliphatic carbocycles. The zero-order chi connectivity index (χ0) is 22.9. The molecule has 0 fully saturated rings. The molecule has 0 saturated carbocycles. The van der Waals surface area contributed by atoms with Crippen molar-refractivity contribution >= 4 is 50.5 Å². The summed E-state index contributed by atoms with van der Waals surface area (Å²) in [6.07, 6.45) is 0.468. The van der Waals surface area contributed by atoms with E-state index in [1.54, 1.807) is 60.7 Å². The molecule has 32 heavy (non-hydrogen) atoms. The van der Waals surface area contributed by atoms with Crippen LogP contribution < -0.4 is 4.72 Å². The van der Waals surface area contributed by atoms with E-state index >= 15 is 0 Å². The molecule has 1 aliphatic heterocycles. The molecule has 6 nitrogen and oxygen atoms in total. The summed E-state index contributed by atoms with van der Waals surface area (Å²) in [7, 11) is -3.68. The van der Waals surface area contributed by atoms with Gasteiger partial charge in [0.1, 0.15) is 0 Å². The number of nitrogens with zero attached hydrogens (tertiary/aromatic N) is 2. The number of hydrogen-bond acceptors (Lipinski definition) is 4. The molecule has 0 bridgehead atoms. The van der Waals surface area contributed by atoms with E-state index in [1.807, 2.05) is 0 Å². The fourth-order valence-electron chi connectivity index (χ4n) is 3.53. The molecule has 0 saturated heterocycles. The Labute approximate surface area is 196 Å². The Balaban J connectivity index is 1.56. The summed E-state index contributed by atoms with van der Waals surface area (Å²) in [6, 6.07) is 19.8. The van der Waals surface area contributed by atoms with Crippen LogP contribution in [0, 0.1) is 0 Å². The lowest BCUT2D eigenvalue weighted by Crippen LogP contribution is -2.24. The molecule has 1 heterocycles. The van der Waals surface area contributed by atoms with Gasteiger partial charge >= 0.3 is 0 Å². The number of hydrogen-bond donors (Lipinski definition) is 1. The number of carbonyl (C=O) groups excluding carboxylic acids is 1. The van der Waals surface area contributed by atoms with Gasteiger partial charge in [0.2, 0.25) is 5.91 Å². The highest BCUT2D eigenvalue weighted by atomic mass is 35.5. The summed E-state index contributed by atoms with van der Waals surface area (Å²) in [5.41, 5.74) is 2.68. The number of anilines is 1. The highest BCUT2D eigenvalue weighted by Crippen LogP contribution is 2.37. The van der Waals surface area contributed by atoms with Gasteiger partial charge in [0.05, 0.1) is 16.6 Å². The number of halogens is 2. The first-order valence-corrected chi connectivity index (χ1v) is 12.0. The SMILES string of the molecule is CC(=O)N1N=C(c2ccc(NS(=O)(=O)c3ccccc3)cc2)CC1c1ccc(Cl)cc1Cl. The van der Waals surface area contributed by atoms with Crippen LogP contribution in [0.3, 0.4) is 0 Å². The lowest BCUT2D eigenvalue weighted by atomic mass is 9.98. The smallest absolute Gasteiger partial charge is 0.261 e. The van der Waals surface area contributed by atoms with Crippen molar-refractivity contribution in [2.75, 3.05) is 4.72 Å². The number of nitrogens with one attached hydrogen (secondary N) is 1. The van der Waals surface area contributed by atoms with Gasteiger partial charge < -0.3 is 0 Å². The van der Waals surface area contributed by atoms with Crippen molar-refractivity contribution in [2.45, 2.75) is 24.3 Å². The van der Waals surface area contributed by atoms with Crippen LogP contribution in [0.25, 0.3) is 0 Å². The van der Waals surface area contributed by atoms with Crippen molar-refractivity contribution in [3.63, 3.8) is 0 Å². The minimum absolute atomic E-state index is 0.184. The first-order chi connectivity index (χ1) is 15.2. The lowest BCUT2D eigenvalue weighted by Gasteiger charge is -2.21. The van der Waals surface area contributed by atoms with Gasteiger partial charge in [0.25, 0.3) is 10.0 Å². The Morgan fingerprint density at radius 3 is 2.34 bits per heavy atom. The topological polar surface area (TPSA) is 78.8 Å². The first-order valence-electron chi connectivity index (χ1n) is 9.75. The van der Waals surface area contributed by atoms with E-state index in [2.05, 4.69) is 9.82 Å². The number of sulfonamides is 1. The van der Waals surface area contributed by atoms with Crippen molar-refractivity contribution < 1.29 is 13.2 Å². The number of rotatable bonds is 5. The van der Waals surface area contributed by atoms with E-state index in [4.69, 9.17) is 23.2 Å². The van der Waals surface area contributed by atoms with Crippen LogP contribution in [0.5, 0.6) is 0 Å². The van der Waals surface area contributed by atoms with Gasteiger partial charge in [-0.3, -0.25) is 9.52 Å². The molecule has 1 N–H and O–H groups in total. The molecule has 0 spiro atoms. The van der Waals surface area contributed by atoms with Crippen LogP contribution in [-0.2, 0) is 14.8 Å². The molecule has 0 aromatic heterocycles. The molecule has 0 radical (unpaired) electrons. The lowest BCUT2D eigenvalue weighted by molar-refractivity contribution is -0.130. The molecular formula is C23H19Cl2N3O3S. The van der Waals surface area contributed by atoms with Crippen molar-refractivity contribution in [3.8, 4) is 0 Å². The van der Waals surface area contributed by atoms with Crippen LogP contribution in [-0.4, -0.2) is 25.0 Å². The minimum Gasteiger partial charge on any atom is -0.280 e. The number of benzene rings is 3. The van der Waals surface area contributed by atoms with E-state index < -0.39 is 10.0 Å². The van der Waals surface area contributed by atoms with Gasteiger partial charge in [0, 0.05) is 29.1 Å². The average molecular weight is 488 g/mol. The van der Waals surface area contributed by atoms with Crippen LogP contribution in [0.1, 0.15) is 30.5 Å². The molecule has 1 aliphatic rings. The molecule has 9 heteroatoms. The molecule has 164 valence electrons. The normalized spacial score (nSPS) is 16.0. The third kappa shape index (κ3) is 4.65. The Bertz CT molecular complexity index is 1290. The second-order valence-corrected chi connectivity index (χ2v) is 9.82. The second kappa shape index (κ2) is 8.94. The average Bonchev–Trinajstić information content (AvgIpc) is 3.20. The number of amides is 1. The first kappa shape index (κ1) is 22.3. The standard InChI is InChI=1S/C23H19Cl2N3O3S/c1-15(29)28-23(20-12-9-17(24)13-21(20)25)14-22(26-28)16-7-10-18(11-8-16)27-32(30,31)19-5-3-2-4-6-19/h2-13,23,27H,14H2,1H3. The third-order valence-electron chi connectivity index (χ3n) is 5.08. The molecule has 1 amide bonds. The Morgan fingerprint density at radius 1 is 1.03 bits per heavy atom. The summed E-state index contributed by atoms with van der Waals surface area (Å²) in [5, 5.41) is 6.90. The Kier molecular flexibility index (Phi) is 6.24. The molecular weight excluding hydrogens is 469 g/mol. The van der Waals surface area contributed by atoms with E-state index in [9.17, 15) is 13.2 Å². The van der Waals surface area contributed by atoms with Crippen LogP contribution >= 0.6 is 23.2 Å². The van der Waals surface area contributed by atoms with Crippen molar-refractivity contribution in [1.82, 2.24) is 5.01 Å². The summed E-state index contributed by atoms with van der Waals surface area (Å²) < 4.78 is 27.6. The molecule has 4 rings (SSSR count). The van der Waals surface area contributed by atoms with Gasteiger partial charge in [-0.1, -0.05) is 59.6 Å². The summed E-state index contributed by atoms with van der Waals surface area (Å²) in [6.45, 7) is 1.45. The predicted octanol–water partition coefficient (Wildman–Crippen LogP) is 5.49. The maximum absolute atomic E-state index is 12.5. The Morgan fingerprint density at radius 2 is 1.72 bits per heavy atom. The van der Waals surface area contributed by atoms with Gasteiger partial charge in [-0.15, -0.1) is 0 Å². The van der Waals surface area contributed by atoms with Gasteiger partial charge in [-0.2, -0.15) is 5.10 Å². The molecule has 3 aromatic rings. The van der Waals surface area contributed by atoms with Crippen LogP contribution in [0.2, 0.25) is 10.0 Å². The summed E-state index contributed by atoms with van der Waals surface area (Å²) in [4.78, 5) is 12.4. The van der Waals surface area contributed by atoms with Gasteiger partial charge in [-0.25, -0.2) is 13.4 Å². The van der Waals surface area contributed by atoms with Gasteiger partial charge in [-0.05, 0) is 47.5 Å². The zero-order valence-electron chi connectivity index (χ0n) is 17.0. The van der Waals surface area contributed by atoms with Crippen molar-refractivity contribution in [1.29, 1.82) is 0 Å². The number of carbonyl (C=O) groups is 1. The largest absolute Gasteiger partial charge is 0.280 e. The second-order valence-electron chi connectivity index (χ2n) is 7.29. The highest BCUT2D eigenvalue weighted by molar-refractivity contribution is 7.92. The molecule has 1 unspecified atom stereocenters. The van der Waals surface area contributed by atoms with Crippen molar-refractivity contribution in [2.24, 2.45) is 5.10 Å². The zero-order valence-corrected chi connectivity index (χ0v) is 19.3. The highest BCUT2D eigenvalue weighted by Gasteiger charge is 2.32. The summed E-state index contributed by atoms with van der Waals surface area (Å²) >= 11 is 12.4. The predicted molar refractivity (Wildman–Crippen MR) is 127 cm³/mol. The van der Waals surface area contributed by atoms with Gasteiger partial charge in [0.15, 0.2) is 0 Å². The summed E-state index contributed by atoms with van der Waals surface area (Å²) in [5.74, 6) is -0.205. The van der Waals surface area contributed by atoms with Crippen LogP contribution in [0.4, 0.5) is 5.69 Å². The molecule has 1 atom stereocenters. The maximum Gasteiger partial charge on any atom is 0.261 e. The minimum atomic E-state index is -3.68. The van der Waals surface area contributed by atoms with E-state index in [0.29, 0.717) is 27.9 Å². The van der Waals surface area contributed by atoms with Crippen LogP contribution in [0.15, 0.2) is 82.8 Å². The monoisotopic (exact) mass is 487 g/mol. The Hall–Kier alpha value is -2.87.